The highest BCUT2D eigenvalue weighted by molar-refractivity contribution is 9.11. The highest BCUT2D eigenvalue weighted by Gasteiger charge is 2.06. The van der Waals surface area contributed by atoms with Crippen LogP contribution in [0.2, 0.25) is 0 Å². The predicted molar refractivity (Wildman–Crippen MR) is 81.5 cm³/mol. The molecule has 0 aliphatic rings. The fourth-order valence-corrected chi connectivity index (χ4v) is 2.70. The summed E-state index contributed by atoms with van der Waals surface area (Å²) in [6.45, 7) is 2.39. The van der Waals surface area contributed by atoms with Gasteiger partial charge in [-0.3, -0.25) is 4.79 Å². The smallest absolute Gasteiger partial charge is 0.251 e. The molecule has 0 unspecified atom stereocenters. The number of rotatable bonds is 8. The van der Waals surface area contributed by atoms with Crippen molar-refractivity contribution in [2.45, 2.75) is 6.42 Å². The molecule has 0 aromatic heterocycles. The summed E-state index contributed by atoms with van der Waals surface area (Å²) in [5.41, 5.74) is 0.626. The number of benzene rings is 1. The van der Waals surface area contributed by atoms with Crippen LogP contribution in [0.25, 0.3) is 0 Å². The molecule has 1 amide bonds. The van der Waals surface area contributed by atoms with Gasteiger partial charge >= 0.3 is 0 Å². The second-order valence-corrected chi connectivity index (χ2v) is 5.70. The van der Waals surface area contributed by atoms with Crippen molar-refractivity contribution in [3.63, 3.8) is 0 Å². The number of methoxy groups -OCH3 is 1. The number of carbonyl (C=O) groups excluding carboxylic acids is 1. The monoisotopic (exact) mass is 393 g/mol. The van der Waals surface area contributed by atoms with Crippen LogP contribution >= 0.6 is 31.9 Å². The first kappa shape index (κ1) is 16.6. The number of hydrogen-bond acceptors (Lipinski definition) is 3. The van der Waals surface area contributed by atoms with E-state index in [0.717, 1.165) is 15.4 Å². The molecule has 0 heterocycles. The minimum Gasteiger partial charge on any atom is -0.382 e. The average molecular weight is 395 g/mol. The summed E-state index contributed by atoms with van der Waals surface area (Å²) in [4.78, 5) is 11.9. The molecule has 19 heavy (non-hydrogen) atoms. The number of hydrogen-bond donors (Lipinski definition) is 1. The molecule has 1 aromatic rings. The van der Waals surface area contributed by atoms with E-state index in [1.807, 2.05) is 6.07 Å². The predicted octanol–water partition coefficient (Wildman–Crippen LogP) is 2.99. The van der Waals surface area contributed by atoms with Gasteiger partial charge in [-0.2, -0.15) is 0 Å². The van der Waals surface area contributed by atoms with Gasteiger partial charge in [-0.05, 0) is 24.6 Å². The maximum absolute atomic E-state index is 11.9. The molecular formula is C13H17Br2NO3. The molecule has 0 saturated heterocycles. The standard InChI is InChI=1S/C13H17Br2NO3/c1-18-5-6-19-4-2-3-16-13(17)10-7-11(14)9-12(15)8-10/h7-9H,2-6H2,1H3,(H,16,17). The molecular weight excluding hydrogens is 378 g/mol. The third kappa shape index (κ3) is 7.06. The van der Waals surface area contributed by atoms with E-state index in [9.17, 15) is 4.79 Å². The molecule has 0 radical (unpaired) electrons. The van der Waals surface area contributed by atoms with E-state index in [1.54, 1.807) is 19.2 Å². The van der Waals surface area contributed by atoms with Crippen LogP contribution in [0, 0.1) is 0 Å². The Morgan fingerprint density at radius 1 is 1.16 bits per heavy atom. The Kier molecular flexibility index (Phi) is 8.29. The van der Waals surface area contributed by atoms with Crippen LogP contribution in [0.1, 0.15) is 16.8 Å². The normalized spacial score (nSPS) is 10.5. The molecule has 1 rings (SSSR count). The zero-order valence-electron chi connectivity index (χ0n) is 10.7. The van der Waals surface area contributed by atoms with Crippen LogP contribution in [0.3, 0.4) is 0 Å². The molecule has 1 N–H and O–H groups in total. The minimum atomic E-state index is -0.0844. The molecule has 0 saturated carbocycles. The van der Waals surface area contributed by atoms with Gasteiger partial charge in [0.2, 0.25) is 0 Å². The summed E-state index contributed by atoms with van der Waals surface area (Å²) in [5.74, 6) is -0.0844. The van der Waals surface area contributed by atoms with Gasteiger partial charge in [0.1, 0.15) is 0 Å². The Morgan fingerprint density at radius 3 is 2.47 bits per heavy atom. The number of ether oxygens (including phenoxy) is 2. The van der Waals surface area contributed by atoms with E-state index < -0.39 is 0 Å². The van der Waals surface area contributed by atoms with Gasteiger partial charge in [-0.1, -0.05) is 31.9 Å². The van der Waals surface area contributed by atoms with Crippen LogP contribution in [-0.2, 0) is 9.47 Å². The van der Waals surface area contributed by atoms with Crippen LogP contribution < -0.4 is 5.32 Å². The Hall–Kier alpha value is -0.430. The number of carbonyl (C=O) groups is 1. The van der Waals surface area contributed by atoms with E-state index in [-0.39, 0.29) is 5.91 Å². The molecule has 0 spiro atoms. The summed E-state index contributed by atoms with van der Waals surface area (Å²) in [5, 5.41) is 2.85. The van der Waals surface area contributed by atoms with Gasteiger partial charge in [0.15, 0.2) is 0 Å². The van der Waals surface area contributed by atoms with Crippen LogP contribution in [0.15, 0.2) is 27.1 Å². The van der Waals surface area contributed by atoms with Crippen molar-refractivity contribution in [2.24, 2.45) is 0 Å². The van der Waals surface area contributed by atoms with Gasteiger partial charge in [-0.15, -0.1) is 0 Å². The number of amides is 1. The van der Waals surface area contributed by atoms with Crippen LogP contribution in [0.4, 0.5) is 0 Å². The second kappa shape index (κ2) is 9.47. The summed E-state index contributed by atoms with van der Waals surface area (Å²) < 4.78 is 11.9. The fourth-order valence-electron chi connectivity index (χ4n) is 1.41. The first-order valence-corrected chi connectivity index (χ1v) is 7.53. The molecule has 0 aliphatic heterocycles. The summed E-state index contributed by atoms with van der Waals surface area (Å²) in [6.07, 6.45) is 0.782. The molecule has 0 atom stereocenters. The van der Waals surface area contributed by atoms with Gasteiger partial charge in [0.05, 0.1) is 13.2 Å². The van der Waals surface area contributed by atoms with Crippen molar-refractivity contribution >= 4 is 37.8 Å². The Balaban J connectivity index is 2.24. The molecule has 4 nitrogen and oxygen atoms in total. The maximum atomic E-state index is 11.9. The molecule has 0 aliphatic carbocycles. The second-order valence-electron chi connectivity index (χ2n) is 3.87. The zero-order valence-corrected chi connectivity index (χ0v) is 13.9. The van der Waals surface area contributed by atoms with Gasteiger partial charge in [-0.25, -0.2) is 0 Å². The maximum Gasteiger partial charge on any atom is 0.251 e. The third-order valence-electron chi connectivity index (χ3n) is 2.31. The van der Waals surface area contributed by atoms with E-state index in [2.05, 4.69) is 37.2 Å². The van der Waals surface area contributed by atoms with Gasteiger partial charge in [0, 0.05) is 34.8 Å². The van der Waals surface area contributed by atoms with Gasteiger partial charge < -0.3 is 14.8 Å². The van der Waals surface area contributed by atoms with Crippen molar-refractivity contribution in [1.82, 2.24) is 5.32 Å². The van der Waals surface area contributed by atoms with Gasteiger partial charge in [0.25, 0.3) is 5.91 Å². The summed E-state index contributed by atoms with van der Waals surface area (Å²) in [7, 11) is 1.64. The molecule has 1 aromatic carbocycles. The van der Waals surface area contributed by atoms with E-state index in [4.69, 9.17) is 9.47 Å². The zero-order chi connectivity index (χ0) is 14.1. The lowest BCUT2D eigenvalue weighted by atomic mass is 10.2. The van der Waals surface area contributed by atoms with Crippen molar-refractivity contribution in [1.29, 1.82) is 0 Å². The Morgan fingerprint density at radius 2 is 1.84 bits per heavy atom. The molecule has 0 fully saturated rings. The topological polar surface area (TPSA) is 47.6 Å². The SMILES string of the molecule is COCCOCCCNC(=O)c1cc(Br)cc(Br)c1. The van der Waals surface area contributed by atoms with Crippen molar-refractivity contribution in [2.75, 3.05) is 33.5 Å². The van der Waals surface area contributed by atoms with E-state index in [1.165, 1.54) is 0 Å². The highest BCUT2D eigenvalue weighted by atomic mass is 79.9. The first-order valence-electron chi connectivity index (χ1n) is 5.94. The summed E-state index contributed by atoms with van der Waals surface area (Å²) >= 11 is 6.71. The highest BCUT2D eigenvalue weighted by Crippen LogP contribution is 2.19. The van der Waals surface area contributed by atoms with Crippen molar-refractivity contribution in [3.05, 3.63) is 32.7 Å². The van der Waals surface area contributed by atoms with Crippen molar-refractivity contribution < 1.29 is 14.3 Å². The Bertz CT molecular complexity index is 393. The van der Waals surface area contributed by atoms with E-state index >= 15 is 0 Å². The fraction of sp³-hybridized carbons (Fsp3) is 0.462. The molecule has 0 bridgehead atoms. The van der Waals surface area contributed by atoms with Crippen molar-refractivity contribution in [3.8, 4) is 0 Å². The minimum absolute atomic E-state index is 0.0844. The average Bonchev–Trinajstić information content (AvgIpc) is 2.36. The number of nitrogens with one attached hydrogen (secondary N) is 1. The van der Waals surface area contributed by atoms with Crippen LogP contribution in [-0.4, -0.2) is 39.4 Å². The Labute approximate surface area is 130 Å². The molecule has 6 heteroatoms. The van der Waals surface area contributed by atoms with Crippen LogP contribution in [0.5, 0.6) is 0 Å². The number of halogens is 2. The lowest BCUT2D eigenvalue weighted by Gasteiger charge is -2.07. The summed E-state index contributed by atoms with van der Waals surface area (Å²) in [6, 6.07) is 5.46. The lowest BCUT2D eigenvalue weighted by Crippen LogP contribution is -2.25. The largest absolute Gasteiger partial charge is 0.382 e. The molecule has 106 valence electrons. The lowest BCUT2D eigenvalue weighted by molar-refractivity contribution is 0.0688. The van der Waals surface area contributed by atoms with E-state index in [0.29, 0.717) is 31.9 Å². The third-order valence-corrected chi connectivity index (χ3v) is 3.22. The first-order chi connectivity index (χ1) is 9.13. The quantitative estimate of drug-likeness (QED) is 0.689.